The molecule has 1 saturated heterocycles. The zero-order chi connectivity index (χ0) is 16.8. The zero-order valence-corrected chi connectivity index (χ0v) is 14.3. The summed E-state index contributed by atoms with van der Waals surface area (Å²) in [5.74, 6) is -0.174. The van der Waals surface area contributed by atoms with Gasteiger partial charge in [-0.15, -0.1) is 0 Å². The lowest BCUT2D eigenvalue weighted by Gasteiger charge is -2.25. The number of aliphatic hydroxyl groups is 1. The summed E-state index contributed by atoms with van der Waals surface area (Å²) in [6.07, 6.45) is -0.673. The Kier molecular flexibility index (Phi) is 6.84. The molecule has 0 aliphatic carbocycles. The van der Waals surface area contributed by atoms with Crippen LogP contribution in [0.25, 0.3) is 0 Å². The van der Waals surface area contributed by atoms with Crippen LogP contribution in [0.2, 0.25) is 5.02 Å². The second kappa shape index (κ2) is 8.64. The van der Waals surface area contributed by atoms with Crippen LogP contribution in [0.1, 0.15) is 25.8 Å². The van der Waals surface area contributed by atoms with Crippen molar-refractivity contribution in [2.24, 2.45) is 5.92 Å². The van der Waals surface area contributed by atoms with Crippen LogP contribution in [0.5, 0.6) is 0 Å². The fourth-order valence-corrected chi connectivity index (χ4v) is 2.77. The highest BCUT2D eigenvalue weighted by Crippen LogP contribution is 2.20. The van der Waals surface area contributed by atoms with Crippen molar-refractivity contribution >= 4 is 17.5 Å². The molecule has 2 atom stereocenters. The molecule has 1 aliphatic heterocycles. The molecule has 0 radical (unpaired) electrons. The molecular weight excluding hydrogens is 318 g/mol. The van der Waals surface area contributed by atoms with E-state index >= 15 is 0 Å². The minimum atomic E-state index is -1.04. The molecule has 23 heavy (non-hydrogen) atoms. The molecule has 5 nitrogen and oxygen atoms in total. The van der Waals surface area contributed by atoms with Gasteiger partial charge in [-0.1, -0.05) is 43.6 Å². The van der Waals surface area contributed by atoms with Gasteiger partial charge in [0, 0.05) is 5.02 Å². The van der Waals surface area contributed by atoms with Gasteiger partial charge in [0.05, 0.1) is 19.3 Å². The summed E-state index contributed by atoms with van der Waals surface area (Å²) in [5.41, 5.74) is 0.900. The highest BCUT2D eigenvalue weighted by atomic mass is 35.5. The third kappa shape index (κ3) is 5.46. The number of hydrogen-bond acceptors (Lipinski definition) is 4. The summed E-state index contributed by atoms with van der Waals surface area (Å²) >= 11 is 6.20. The molecule has 1 heterocycles. The second-order valence-corrected chi connectivity index (χ2v) is 6.57. The van der Waals surface area contributed by atoms with E-state index in [1.807, 2.05) is 32.0 Å². The van der Waals surface area contributed by atoms with Crippen LogP contribution in [-0.4, -0.2) is 42.7 Å². The zero-order valence-electron chi connectivity index (χ0n) is 13.5. The van der Waals surface area contributed by atoms with Crippen LogP contribution in [0.4, 0.5) is 0 Å². The van der Waals surface area contributed by atoms with Crippen molar-refractivity contribution < 1.29 is 19.4 Å². The maximum atomic E-state index is 12.2. The summed E-state index contributed by atoms with van der Waals surface area (Å²) in [6, 6.07) is 7.06. The fourth-order valence-electron chi connectivity index (χ4n) is 2.56. The molecule has 6 heteroatoms. The largest absolute Gasteiger partial charge is 0.383 e. The van der Waals surface area contributed by atoms with Crippen LogP contribution >= 0.6 is 11.6 Å². The maximum Gasteiger partial charge on any atom is 0.249 e. The smallest absolute Gasteiger partial charge is 0.249 e. The lowest BCUT2D eigenvalue weighted by atomic mass is 10.0. The SMILES string of the molecule is CC(C)CC(O)C(=O)N[C@@H](Cc1ccccc1Cl)C1OCCO1. The molecule has 1 aromatic rings. The number of carbonyl (C=O) groups excluding carboxylic acids is 1. The van der Waals surface area contributed by atoms with E-state index in [-0.39, 0.29) is 5.92 Å². The first-order chi connectivity index (χ1) is 11.0. The van der Waals surface area contributed by atoms with Crippen LogP contribution < -0.4 is 5.32 Å². The lowest BCUT2D eigenvalue weighted by Crippen LogP contribution is -2.49. The summed E-state index contributed by atoms with van der Waals surface area (Å²) in [7, 11) is 0. The number of rotatable bonds is 7. The van der Waals surface area contributed by atoms with E-state index in [0.717, 1.165) is 5.56 Å². The highest BCUT2D eigenvalue weighted by molar-refractivity contribution is 6.31. The van der Waals surface area contributed by atoms with Crippen molar-refractivity contribution in [3.63, 3.8) is 0 Å². The number of amides is 1. The number of halogens is 1. The average molecular weight is 342 g/mol. The summed E-state index contributed by atoms with van der Waals surface area (Å²) < 4.78 is 11.1. The Hall–Kier alpha value is -1.14. The molecule has 0 aromatic heterocycles. The Morgan fingerprint density at radius 2 is 2.00 bits per heavy atom. The minimum absolute atomic E-state index is 0.233. The first-order valence-corrected chi connectivity index (χ1v) is 8.30. The van der Waals surface area contributed by atoms with Gasteiger partial charge >= 0.3 is 0 Å². The van der Waals surface area contributed by atoms with Gasteiger partial charge in [-0.05, 0) is 30.4 Å². The van der Waals surface area contributed by atoms with Crippen molar-refractivity contribution in [1.29, 1.82) is 0 Å². The van der Waals surface area contributed by atoms with Gasteiger partial charge in [-0.3, -0.25) is 4.79 Å². The van der Waals surface area contributed by atoms with Gasteiger partial charge in [0.15, 0.2) is 6.29 Å². The van der Waals surface area contributed by atoms with Crippen molar-refractivity contribution in [2.75, 3.05) is 13.2 Å². The molecular formula is C17H24ClNO4. The first-order valence-electron chi connectivity index (χ1n) is 7.92. The quantitative estimate of drug-likeness (QED) is 0.797. The number of ether oxygens (including phenoxy) is 2. The molecule has 2 rings (SSSR count). The predicted octanol–water partition coefficient (Wildman–Crippen LogP) is 2.15. The molecule has 1 fully saturated rings. The number of hydrogen-bond donors (Lipinski definition) is 2. The summed E-state index contributed by atoms with van der Waals surface area (Å²) in [4.78, 5) is 12.2. The maximum absolute atomic E-state index is 12.2. The Morgan fingerprint density at radius 1 is 1.35 bits per heavy atom. The summed E-state index contributed by atoms with van der Waals surface area (Å²) in [5, 5.41) is 13.5. The van der Waals surface area contributed by atoms with Crippen molar-refractivity contribution in [3.8, 4) is 0 Å². The Labute approximate surface area is 141 Å². The molecule has 1 aliphatic rings. The van der Waals surface area contributed by atoms with E-state index in [9.17, 15) is 9.90 Å². The normalized spacial score (nSPS) is 18.1. The van der Waals surface area contributed by atoms with Crippen LogP contribution in [0.15, 0.2) is 24.3 Å². The minimum Gasteiger partial charge on any atom is -0.383 e. The van der Waals surface area contributed by atoms with Crippen molar-refractivity contribution in [1.82, 2.24) is 5.32 Å². The number of nitrogens with one attached hydrogen (secondary N) is 1. The number of aliphatic hydroxyl groups excluding tert-OH is 1. The molecule has 0 bridgehead atoms. The lowest BCUT2D eigenvalue weighted by molar-refractivity contribution is -0.135. The van der Waals surface area contributed by atoms with E-state index in [1.165, 1.54) is 0 Å². The third-order valence-corrected chi connectivity index (χ3v) is 4.07. The van der Waals surface area contributed by atoms with Gasteiger partial charge in [-0.2, -0.15) is 0 Å². The fraction of sp³-hybridized carbons (Fsp3) is 0.588. The standard InChI is InChI=1S/C17H24ClNO4/c1-11(2)9-15(20)16(21)19-14(17-22-7-8-23-17)10-12-5-3-4-6-13(12)18/h3-6,11,14-15,17,20H,7-10H2,1-2H3,(H,19,21)/t14-,15?/m0/s1. The van der Waals surface area contributed by atoms with E-state index in [2.05, 4.69) is 5.32 Å². The van der Waals surface area contributed by atoms with Crippen LogP contribution in [-0.2, 0) is 20.7 Å². The monoisotopic (exact) mass is 341 g/mol. The number of benzene rings is 1. The molecule has 1 aromatic carbocycles. The summed E-state index contributed by atoms with van der Waals surface area (Å²) in [6.45, 7) is 4.91. The molecule has 128 valence electrons. The van der Waals surface area contributed by atoms with Crippen molar-refractivity contribution in [3.05, 3.63) is 34.9 Å². The topological polar surface area (TPSA) is 67.8 Å². The second-order valence-electron chi connectivity index (χ2n) is 6.17. The van der Waals surface area contributed by atoms with Gasteiger partial charge in [0.25, 0.3) is 0 Å². The molecule has 2 N–H and O–H groups in total. The Morgan fingerprint density at radius 3 is 2.61 bits per heavy atom. The van der Waals surface area contributed by atoms with Crippen molar-refractivity contribution in [2.45, 2.75) is 45.1 Å². The first kappa shape index (κ1) is 18.2. The van der Waals surface area contributed by atoms with Gasteiger partial charge in [0.2, 0.25) is 5.91 Å². The average Bonchev–Trinajstić information content (AvgIpc) is 3.02. The van der Waals surface area contributed by atoms with Crippen LogP contribution in [0, 0.1) is 5.92 Å². The molecule has 1 unspecified atom stereocenters. The predicted molar refractivity (Wildman–Crippen MR) is 88.2 cm³/mol. The van der Waals surface area contributed by atoms with Gasteiger partial charge < -0.3 is 19.9 Å². The van der Waals surface area contributed by atoms with E-state index in [0.29, 0.717) is 31.1 Å². The number of carbonyl (C=O) groups is 1. The molecule has 0 saturated carbocycles. The van der Waals surface area contributed by atoms with E-state index in [4.69, 9.17) is 21.1 Å². The Balaban J connectivity index is 2.05. The van der Waals surface area contributed by atoms with Crippen LogP contribution in [0.3, 0.4) is 0 Å². The third-order valence-electron chi connectivity index (χ3n) is 3.70. The Bertz CT molecular complexity index is 517. The highest BCUT2D eigenvalue weighted by Gasteiger charge is 2.30. The molecule has 1 amide bonds. The van der Waals surface area contributed by atoms with Gasteiger partial charge in [0.1, 0.15) is 6.10 Å². The molecule has 0 spiro atoms. The van der Waals surface area contributed by atoms with Gasteiger partial charge in [-0.25, -0.2) is 0 Å². The van der Waals surface area contributed by atoms with E-state index in [1.54, 1.807) is 6.07 Å². The van der Waals surface area contributed by atoms with E-state index < -0.39 is 24.3 Å².